The maximum atomic E-state index is 5.57. The number of nitrogens with zero attached hydrogens (tertiary/aromatic N) is 3. The zero-order chi connectivity index (χ0) is 11.8. The number of nitrogens with one attached hydrogen (secondary N) is 1. The van der Waals surface area contributed by atoms with Crippen LogP contribution in [0.25, 0.3) is 0 Å². The van der Waals surface area contributed by atoms with Gasteiger partial charge in [0, 0.05) is 25.6 Å². The number of fused-ring (bicyclic) bond motifs is 1. The van der Waals surface area contributed by atoms with E-state index in [0.29, 0.717) is 12.1 Å². The quantitative estimate of drug-likeness (QED) is 0.852. The molecule has 94 valence electrons. The van der Waals surface area contributed by atoms with Crippen LogP contribution in [0.4, 0.5) is 0 Å². The summed E-state index contributed by atoms with van der Waals surface area (Å²) < 4.78 is 7.83. The lowest BCUT2D eigenvalue weighted by atomic mass is 10.1. The van der Waals surface area contributed by atoms with Gasteiger partial charge in [0.05, 0.1) is 12.1 Å². The Morgan fingerprint density at radius 3 is 3.12 bits per heavy atom. The Bertz CT molecular complexity index is 403. The molecule has 0 aliphatic carbocycles. The topological polar surface area (TPSA) is 52.0 Å². The van der Waals surface area contributed by atoms with Gasteiger partial charge in [-0.3, -0.25) is 0 Å². The third-order valence-corrected chi connectivity index (χ3v) is 3.87. The van der Waals surface area contributed by atoms with Gasteiger partial charge in [-0.15, -0.1) is 10.2 Å². The van der Waals surface area contributed by atoms with Gasteiger partial charge < -0.3 is 14.6 Å². The molecule has 1 aromatic heterocycles. The summed E-state index contributed by atoms with van der Waals surface area (Å²) >= 11 is 0. The van der Waals surface area contributed by atoms with Crippen molar-refractivity contribution in [3.63, 3.8) is 0 Å². The number of rotatable bonds is 3. The third kappa shape index (κ3) is 1.98. The van der Waals surface area contributed by atoms with Gasteiger partial charge in [0.25, 0.3) is 0 Å². The van der Waals surface area contributed by atoms with Crippen LogP contribution in [0, 0.1) is 0 Å². The van der Waals surface area contributed by atoms with E-state index in [0.717, 1.165) is 37.6 Å². The van der Waals surface area contributed by atoms with E-state index in [1.807, 2.05) is 0 Å². The molecule has 5 nitrogen and oxygen atoms in total. The summed E-state index contributed by atoms with van der Waals surface area (Å²) in [5, 5.41) is 12.2. The van der Waals surface area contributed by atoms with E-state index < -0.39 is 0 Å². The number of hydrogen-bond acceptors (Lipinski definition) is 4. The second-order valence-corrected chi connectivity index (χ2v) is 5.09. The fraction of sp³-hybridized carbons (Fsp3) is 0.833. The van der Waals surface area contributed by atoms with Crippen molar-refractivity contribution in [3.05, 3.63) is 11.6 Å². The van der Waals surface area contributed by atoms with Crippen molar-refractivity contribution in [1.82, 2.24) is 20.1 Å². The number of aryl methyl sites for hydroxylation is 1. The predicted molar refractivity (Wildman–Crippen MR) is 63.7 cm³/mol. The molecule has 1 aromatic rings. The summed E-state index contributed by atoms with van der Waals surface area (Å²) in [6.45, 7) is 6.23. The van der Waals surface area contributed by atoms with Gasteiger partial charge in [0.1, 0.15) is 11.6 Å². The fourth-order valence-electron chi connectivity index (χ4n) is 2.84. The minimum absolute atomic E-state index is 0.253. The molecule has 5 heteroatoms. The maximum absolute atomic E-state index is 5.57. The Balaban J connectivity index is 1.71. The third-order valence-electron chi connectivity index (χ3n) is 3.87. The normalized spacial score (nSPS) is 29.5. The molecule has 0 aromatic carbocycles. The van der Waals surface area contributed by atoms with Crippen LogP contribution >= 0.6 is 0 Å². The zero-order valence-corrected chi connectivity index (χ0v) is 10.5. The Hall–Kier alpha value is -0.940. The highest BCUT2D eigenvalue weighted by Crippen LogP contribution is 2.21. The number of hydrogen-bond donors (Lipinski definition) is 1. The van der Waals surface area contributed by atoms with Gasteiger partial charge in [-0.1, -0.05) is 0 Å². The molecule has 3 atom stereocenters. The van der Waals surface area contributed by atoms with Crippen molar-refractivity contribution in [2.45, 2.75) is 57.8 Å². The van der Waals surface area contributed by atoms with Crippen LogP contribution in [0.5, 0.6) is 0 Å². The first kappa shape index (κ1) is 11.2. The van der Waals surface area contributed by atoms with E-state index in [9.17, 15) is 0 Å². The molecule has 0 saturated carbocycles. The summed E-state index contributed by atoms with van der Waals surface area (Å²) in [6, 6.07) is 0.697. The molecule has 1 fully saturated rings. The Labute approximate surface area is 102 Å². The highest BCUT2D eigenvalue weighted by atomic mass is 16.5. The van der Waals surface area contributed by atoms with Gasteiger partial charge in [-0.05, 0) is 26.7 Å². The summed E-state index contributed by atoms with van der Waals surface area (Å²) in [5.74, 6) is 2.22. The van der Waals surface area contributed by atoms with Gasteiger partial charge in [0.15, 0.2) is 0 Å². The Morgan fingerprint density at radius 2 is 2.35 bits per heavy atom. The predicted octanol–water partition coefficient (Wildman–Crippen LogP) is 1.05. The average Bonchev–Trinajstić information content (AvgIpc) is 2.94. The van der Waals surface area contributed by atoms with Crippen molar-refractivity contribution < 1.29 is 4.74 Å². The second-order valence-electron chi connectivity index (χ2n) is 5.09. The summed E-state index contributed by atoms with van der Waals surface area (Å²) in [4.78, 5) is 0. The SMILES string of the molecule is CC(NC1CCOC1C)c1nnc2n1CCC2. The Kier molecular flexibility index (Phi) is 2.88. The van der Waals surface area contributed by atoms with Crippen LogP contribution in [-0.2, 0) is 17.7 Å². The van der Waals surface area contributed by atoms with Crippen LogP contribution in [0.15, 0.2) is 0 Å². The van der Waals surface area contributed by atoms with E-state index in [-0.39, 0.29) is 6.04 Å². The molecule has 3 unspecified atom stereocenters. The summed E-state index contributed by atoms with van der Waals surface area (Å²) in [5.41, 5.74) is 0. The molecule has 3 heterocycles. The first-order chi connectivity index (χ1) is 8.25. The Morgan fingerprint density at radius 1 is 1.47 bits per heavy atom. The first-order valence-corrected chi connectivity index (χ1v) is 6.55. The summed E-state index contributed by atoms with van der Waals surface area (Å²) in [6.07, 6.45) is 3.67. The molecule has 0 spiro atoms. The molecule has 0 amide bonds. The molecule has 3 rings (SSSR count). The van der Waals surface area contributed by atoms with Crippen molar-refractivity contribution in [1.29, 1.82) is 0 Å². The van der Waals surface area contributed by atoms with E-state index in [4.69, 9.17) is 4.74 Å². The smallest absolute Gasteiger partial charge is 0.149 e. The lowest BCUT2D eigenvalue weighted by Gasteiger charge is -2.21. The van der Waals surface area contributed by atoms with Crippen LogP contribution < -0.4 is 5.32 Å². The lowest BCUT2D eigenvalue weighted by molar-refractivity contribution is 0.111. The van der Waals surface area contributed by atoms with Gasteiger partial charge in [-0.2, -0.15) is 0 Å². The van der Waals surface area contributed by atoms with Crippen LogP contribution in [0.3, 0.4) is 0 Å². The van der Waals surface area contributed by atoms with Crippen molar-refractivity contribution in [3.8, 4) is 0 Å². The van der Waals surface area contributed by atoms with Gasteiger partial charge in [-0.25, -0.2) is 0 Å². The molecule has 2 aliphatic heterocycles. The molecular weight excluding hydrogens is 216 g/mol. The van der Waals surface area contributed by atoms with Crippen molar-refractivity contribution in [2.24, 2.45) is 0 Å². The van der Waals surface area contributed by atoms with Crippen LogP contribution in [0.2, 0.25) is 0 Å². The molecule has 17 heavy (non-hydrogen) atoms. The molecule has 0 bridgehead atoms. The molecule has 2 aliphatic rings. The lowest BCUT2D eigenvalue weighted by Crippen LogP contribution is -2.37. The molecule has 0 radical (unpaired) electrons. The highest BCUT2D eigenvalue weighted by Gasteiger charge is 2.28. The standard InChI is InChI=1S/C12H20N4O/c1-8(13-10-5-7-17-9(10)2)12-15-14-11-4-3-6-16(11)12/h8-10,13H,3-7H2,1-2H3. The van der Waals surface area contributed by atoms with Crippen LogP contribution in [-0.4, -0.2) is 33.5 Å². The average molecular weight is 236 g/mol. The number of aromatic nitrogens is 3. The van der Waals surface area contributed by atoms with Gasteiger partial charge >= 0.3 is 0 Å². The first-order valence-electron chi connectivity index (χ1n) is 6.55. The van der Waals surface area contributed by atoms with E-state index >= 15 is 0 Å². The minimum Gasteiger partial charge on any atom is -0.377 e. The van der Waals surface area contributed by atoms with Crippen LogP contribution in [0.1, 0.15) is 44.4 Å². The summed E-state index contributed by atoms with van der Waals surface area (Å²) in [7, 11) is 0. The minimum atomic E-state index is 0.253. The van der Waals surface area contributed by atoms with E-state index in [2.05, 4.69) is 33.9 Å². The van der Waals surface area contributed by atoms with E-state index in [1.165, 1.54) is 6.42 Å². The number of ether oxygens (including phenoxy) is 1. The van der Waals surface area contributed by atoms with Gasteiger partial charge in [0.2, 0.25) is 0 Å². The zero-order valence-electron chi connectivity index (χ0n) is 10.5. The molecular formula is C12H20N4O. The van der Waals surface area contributed by atoms with Crippen molar-refractivity contribution in [2.75, 3.05) is 6.61 Å². The van der Waals surface area contributed by atoms with E-state index in [1.54, 1.807) is 0 Å². The van der Waals surface area contributed by atoms with Crippen molar-refractivity contribution >= 4 is 0 Å². The monoisotopic (exact) mass is 236 g/mol. The fourth-order valence-corrected chi connectivity index (χ4v) is 2.84. The largest absolute Gasteiger partial charge is 0.377 e. The second kappa shape index (κ2) is 4.38. The maximum Gasteiger partial charge on any atom is 0.149 e. The highest BCUT2D eigenvalue weighted by molar-refractivity contribution is 5.04. The molecule has 1 saturated heterocycles. The molecule has 1 N–H and O–H groups in total.